The van der Waals surface area contributed by atoms with E-state index in [4.69, 9.17) is 4.74 Å². The summed E-state index contributed by atoms with van der Waals surface area (Å²) >= 11 is 0. The van der Waals surface area contributed by atoms with Gasteiger partial charge in [0.25, 0.3) is 0 Å². The molecule has 1 aromatic rings. The first-order valence-corrected chi connectivity index (χ1v) is 7.60. The molecule has 0 aliphatic carbocycles. The van der Waals surface area contributed by atoms with Crippen LogP contribution >= 0.6 is 0 Å². The van der Waals surface area contributed by atoms with E-state index in [1.165, 1.54) is 5.56 Å². The minimum absolute atomic E-state index is 0.111. The SMILES string of the molecule is CCCc1ccc(OCCC(C)(NC(C)C)C(=O)O)cc1. The van der Waals surface area contributed by atoms with Crippen LogP contribution in [0.2, 0.25) is 0 Å². The van der Waals surface area contributed by atoms with E-state index in [0.29, 0.717) is 13.0 Å². The van der Waals surface area contributed by atoms with Gasteiger partial charge in [0.15, 0.2) is 0 Å². The smallest absolute Gasteiger partial charge is 0.323 e. The number of ether oxygens (including phenoxy) is 1. The van der Waals surface area contributed by atoms with Crippen molar-refractivity contribution in [2.24, 2.45) is 0 Å². The quantitative estimate of drug-likeness (QED) is 0.734. The molecule has 0 aromatic heterocycles. The number of carboxylic acid groups (broad SMARTS) is 1. The second kappa shape index (κ2) is 8.03. The lowest BCUT2D eigenvalue weighted by Gasteiger charge is -2.28. The van der Waals surface area contributed by atoms with E-state index in [-0.39, 0.29) is 6.04 Å². The predicted molar refractivity (Wildman–Crippen MR) is 84.9 cm³/mol. The highest BCUT2D eigenvalue weighted by Crippen LogP contribution is 2.16. The van der Waals surface area contributed by atoms with Crippen molar-refractivity contribution >= 4 is 5.97 Å². The van der Waals surface area contributed by atoms with Crippen molar-refractivity contribution in [3.63, 3.8) is 0 Å². The Morgan fingerprint density at radius 3 is 2.43 bits per heavy atom. The van der Waals surface area contributed by atoms with E-state index >= 15 is 0 Å². The summed E-state index contributed by atoms with van der Waals surface area (Å²) in [6, 6.07) is 8.11. The first-order chi connectivity index (χ1) is 9.87. The summed E-state index contributed by atoms with van der Waals surface area (Å²) in [7, 11) is 0. The van der Waals surface area contributed by atoms with Gasteiger partial charge in [0, 0.05) is 12.5 Å². The average Bonchev–Trinajstić information content (AvgIpc) is 2.40. The molecular formula is C17H27NO3. The molecule has 0 saturated carbocycles. The molecule has 0 spiro atoms. The number of carboxylic acids is 1. The van der Waals surface area contributed by atoms with Crippen molar-refractivity contribution in [1.82, 2.24) is 5.32 Å². The number of carbonyl (C=O) groups is 1. The number of aliphatic carboxylic acids is 1. The molecule has 1 unspecified atom stereocenters. The van der Waals surface area contributed by atoms with E-state index in [2.05, 4.69) is 24.4 Å². The Morgan fingerprint density at radius 1 is 1.33 bits per heavy atom. The number of nitrogens with one attached hydrogen (secondary N) is 1. The zero-order valence-electron chi connectivity index (χ0n) is 13.5. The molecule has 0 amide bonds. The van der Waals surface area contributed by atoms with Crippen LogP contribution in [0.5, 0.6) is 5.75 Å². The van der Waals surface area contributed by atoms with E-state index < -0.39 is 11.5 Å². The highest BCUT2D eigenvalue weighted by Gasteiger charge is 2.33. The fourth-order valence-corrected chi connectivity index (χ4v) is 2.29. The number of hydrogen-bond donors (Lipinski definition) is 2. The second-order valence-corrected chi connectivity index (χ2v) is 5.93. The van der Waals surface area contributed by atoms with Gasteiger partial charge >= 0.3 is 5.97 Å². The van der Waals surface area contributed by atoms with Crippen LogP contribution in [0.3, 0.4) is 0 Å². The highest BCUT2D eigenvalue weighted by molar-refractivity contribution is 5.78. The lowest BCUT2D eigenvalue weighted by molar-refractivity contribution is -0.145. The maximum atomic E-state index is 11.4. The molecule has 0 saturated heterocycles. The minimum atomic E-state index is -0.962. The second-order valence-electron chi connectivity index (χ2n) is 5.93. The third-order valence-corrected chi connectivity index (χ3v) is 3.41. The molecular weight excluding hydrogens is 266 g/mol. The number of rotatable bonds is 9. The van der Waals surface area contributed by atoms with Crippen LogP contribution in [-0.2, 0) is 11.2 Å². The number of benzene rings is 1. The summed E-state index contributed by atoms with van der Waals surface area (Å²) in [6.45, 7) is 8.10. The molecule has 21 heavy (non-hydrogen) atoms. The molecule has 0 aliphatic rings. The van der Waals surface area contributed by atoms with E-state index in [0.717, 1.165) is 18.6 Å². The summed E-state index contributed by atoms with van der Waals surface area (Å²) in [4.78, 5) is 11.4. The van der Waals surface area contributed by atoms with Gasteiger partial charge in [-0.3, -0.25) is 10.1 Å². The van der Waals surface area contributed by atoms with Crippen LogP contribution in [0.1, 0.15) is 46.1 Å². The standard InChI is InChI=1S/C17H27NO3/c1-5-6-14-7-9-15(10-8-14)21-12-11-17(4,16(19)20)18-13(2)3/h7-10,13,18H,5-6,11-12H2,1-4H3,(H,19,20). The summed E-state index contributed by atoms with van der Waals surface area (Å²) in [5.41, 5.74) is 0.331. The molecule has 1 aromatic carbocycles. The molecule has 4 heteroatoms. The van der Waals surface area contributed by atoms with Crippen LogP contribution in [-0.4, -0.2) is 29.3 Å². The van der Waals surface area contributed by atoms with Gasteiger partial charge in [-0.1, -0.05) is 25.5 Å². The van der Waals surface area contributed by atoms with Crippen LogP contribution in [0.15, 0.2) is 24.3 Å². The van der Waals surface area contributed by atoms with E-state index in [9.17, 15) is 9.90 Å². The third kappa shape index (κ3) is 5.76. The molecule has 0 aliphatic heterocycles. The van der Waals surface area contributed by atoms with Gasteiger partial charge in [0.2, 0.25) is 0 Å². The first-order valence-electron chi connectivity index (χ1n) is 7.60. The topological polar surface area (TPSA) is 58.6 Å². The molecule has 0 bridgehead atoms. The normalized spacial score (nSPS) is 14.0. The van der Waals surface area contributed by atoms with Crippen molar-refractivity contribution in [3.8, 4) is 5.75 Å². The maximum absolute atomic E-state index is 11.4. The van der Waals surface area contributed by atoms with Gasteiger partial charge < -0.3 is 9.84 Å². The molecule has 0 heterocycles. The van der Waals surface area contributed by atoms with Crippen LogP contribution in [0, 0.1) is 0 Å². The van der Waals surface area contributed by atoms with Crippen LogP contribution < -0.4 is 10.1 Å². The Kier molecular flexibility index (Phi) is 6.69. The summed E-state index contributed by atoms with van der Waals surface area (Å²) < 4.78 is 5.66. The van der Waals surface area contributed by atoms with E-state index in [1.54, 1.807) is 6.92 Å². The first kappa shape index (κ1) is 17.5. The Balaban J connectivity index is 2.52. The Bertz CT molecular complexity index is 442. The monoisotopic (exact) mass is 293 g/mol. The fourth-order valence-electron chi connectivity index (χ4n) is 2.29. The molecule has 0 radical (unpaired) electrons. The zero-order valence-corrected chi connectivity index (χ0v) is 13.5. The third-order valence-electron chi connectivity index (χ3n) is 3.41. The summed E-state index contributed by atoms with van der Waals surface area (Å²) in [5.74, 6) is -0.0646. The summed E-state index contributed by atoms with van der Waals surface area (Å²) in [5, 5.41) is 12.4. The summed E-state index contributed by atoms with van der Waals surface area (Å²) in [6.07, 6.45) is 2.60. The Morgan fingerprint density at radius 2 is 1.95 bits per heavy atom. The van der Waals surface area contributed by atoms with Crippen LogP contribution in [0.25, 0.3) is 0 Å². The predicted octanol–water partition coefficient (Wildman–Crippen LogP) is 3.25. The van der Waals surface area contributed by atoms with Crippen molar-refractivity contribution in [1.29, 1.82) is 0 Å². The van der Waals surface area contributed by atoms with Gasteiger partial charge in [-0.25, -0.2) is 0 Å². The van der Waals surface area contributed by atoms with Gasteiger partial charge in [0.05, 0.1) is 6.61 Å². The Hall–Kier alpha value is -1.55. The maximum Gasteiger partial charge on any atom is 0.323 e. The lowest BCUT2D eigenvalue weighted by Crippen LogP contribution is -2.53. The van der Waals surface area contributed by atoms with Crippen molar-refractivity contribution in [2.75, 3.05) is 6.61 Å². The highest BCUT2D eigenvalue weighted by atomic mass is 16.5. The zero-order chi connectivity index (χ0) is 15.9. The minimum Gasteiger partial charge on any atom is -0.494 e. The molecule has 1 atom stereocenters. The number of hydrogen-bond acceptors (Lipinski definition) is 3. The van der Waals surface area contributed by atoms with Crippen molar-refractivity contribution < 1.29 is 14.6 Å². The fraction of sp³-hybridized carbons (Fsp3) is 0.588. The lowest BCUT2D eigenvalue weighted by atomic mass is 9.97. The van der Waals surface area contributed by atoms with Crippen molar-refractivity contribution in [2.45, 2.75) is 58.5 Å². The molecule has 2 N–H and O–H groups in total. The van der Waals surface area contributed by atoms with Gasteiger partial charge in [-0.15, -0.1) is 0 Å². The average molecular weight is 293 g/mol. The molecule has 118 valence electrons. The van der Waals surface area contributed by atoms with Gasteiger partial charge in [-0.2, -0.15) is 0 Å². The Labute approximate surface area is 127 Å². The van der Waals surface area contributed by atoms with Crippen LogP contribution in [0.4, 0.5) is 0 Å². The molecule has 0 fully saturated rings. The number of aryl methyl sites for hydroxylation is 1. The molecule has 1 rings (SSSR count). The largest absolute Gasteiger partial charge is 0.494 e. The molecule has 4 nitrogen and oxygen atoms in total. The van der Waals surface area contributed by atoms with Crippen molar-refractivity contribution in [3.05, 3.63) is 29.8 Å². The van der Waals surface area contributed by atoms with Gasteiger partial charge in [0.1, 0.15) is 11.3 Å². The van der Waals surface area contributed by atoms with Gasteiger partial charge in [-0.05, 0) is 44.9 Å². The van der Waals surface area contributed by atoms with E-state index in [1.807, 2.05) is 26.0 Å².